The molecule has 5 rings (SSSR count). The third-order valence-corrected chi connectivity index (χ3v) is 9.40. The lowest BCUT2D eigenvalue weighted by Gasteiger charge is -2.17. The molecule has 4 aliphatic rings. The number of carbonyl (C=O) groups is 3. The molecule has 332 valence electrons. The largest absolute Gasteiger partial charge is 0.478 e. The van der Waals surface area contributed by atoms with Crippen LogP contribution in [0.3, 0.4) is 0 Å². The predicted molar refractivity (Wildman–Crippen MR) is 252 cm³/mol. The summed E-state index contributed by atoms with van der Waals surface area (Å²) < 4.78 is 1.46. The smallest absolute Gasteiger partial charge is 0.337 e. The lowest BCUT2D eigenvalue weighted by molar-refractivity contribution is -0.132. The molecule has 1 aromatic rings. The van der Waals surface area contributed by atoms with Crippen LogP contribution < -0.4 is 32.6 Å². The second kappa shape index (κ2) is 25.7. The Labute approximate surface area is 368 Å². The number of nitrogens with two attached hydrogens (primary N) is 1. The van der Waals surface area contributed by atoms with Crippen molar-refractivity contribution in [1.29, 1.82) is 5.26 Å². The number of aliphatic carboxylic acids is 1. The van der Waals surface area contributed by atoms with E-state index in [0.29, 0.717) is 57.8 Å². The lowest BCUT2D eigenvalue weighted by Crippen LogP contribution is -2.23. The van der Waals surface area contributed by atoms with Gasteiger partial charge in [0.1, 0.15) is 11.9 Å². The van der Waals surface area contributed by atoms with E-state index in [2.05, 4.69) is 115 Å². The van der Waals surface area contributed by atoms with E-state index in [-0.39, 0.29) is 23.5 Å². The summed E-state index contributed by atoms with van der Waals surface area (Å²) in [6, 6.07) is 5.42. The average Bonchev–Trinajstić information content (AvgIpc) is 3.19. The Morgan fingerprint density at radius 1 is 0.677 bits per heavy atom. The van der Waals surface area contributed by atoms with E-state index in [1.165, 1.54) is 23.1 Å². The van der Waals surface area contributed by atoms with Gasteiger partial charge in [-0.3, -0.25) is 14.4 Å². The maximum atomic E-state index is 11.3. The van der Waals surface area contributed by atoms with Crippen molar-refractivity contribution < 1.29 is 19.5 Å². The van der Waals surface area contributed by atoms with Crippen LogP contribution in [0.25, 0.3) is 0 Å². The molecule has 12 nitrogen and oxygen atoms in total. The molecule has 62 heavy (non-hydrogen) atoms. The summed E-state index contributed by atoms with van der Waals surface area (Å²) in [6.07, 6.45) is 18.7. The molecule has 1 amide bonds. The van der Waals surface area contributed by atoms with Crippen molar-refractivity contribution >= 4 is 17.7 Å². The average molecular weight is 846 g/mol. The van der Waals surface area contributed by atoms with Gasteiger partial charge >= 0.3 is 5.97 Å². The van der Waals surface area contributed by atoms with Gasteiger partial charge in [0.2, 0.25) is 0 Å². The molecule has 5 heterocycles. The molecule has 4 aliphatic heterocycles. The molecule has 0 unspecified atom stereocenters. The van der Waals surface area contributed by atoms with E-state index in [1.807, 2.05) is 50.7 Å². The summed E-state index contributed by atoms with van der Waals surface area (Å²) >= 11 is 0. The zero-order valence-electron chi connectivity index (χ0n) is 38.4. The molecule has 12 heteroatoms. The number of primary amides is 1. The second-order valence-electron chi connectivity index (χ2n) is 16.3. The highest BCUT2D eigenvalue weighted by molar-refractivity contribution is 5.97. The van der Waals surface area contributed by atoms with E-state index in [0.717, 1.165) is 28.0 Å². The van der Waals surface area contributed by atoms with Crippen molar-refractivity contribution in [3.63, 3.8) is 0 Å². The van der Waals surface area contributed by atoms with E-state index >= 15 is 0 Å². The molecule has 0 bridgehead atoms. The number of amides is 1. The van der Waals surface area contributed by atoms with Crippen LogP contribution in [0.1, 0.15) is 87.6 Å². The van der Waals surface area contributed by atoms with Gasteiger partial charge in [0, 0.05) is 59.9 Å². The predicted octanol–water partition coefficient (Wildman–Crippen LogP) is 8.56. The molecule has 7 N–H and O–H groups in total. The second-order valence-corrected chi connectivity index (χ2v) is 16.3. The number of dihydropyridines is 4. The molecule has 0 fully saturated rings. The van der Waals surface area contributed by atoms with Crippen molar-refractivity contribution in [3.05, 3.63) is 178 Å². The Morgan fingerprint density at radius 3 is 1.53 bits per heavy atom. The lowest BCUT2D eigenvalue weighted by atomic mass is 9.98. The molecular weight excluding hydrogens is 779 g/mol. The maximum Gasteiger partial charge on any atom is 0.337 e. The number of hydrogen-bond acceptors (Lipinski definition) is 9. The standard InChI is InChI=1S/C11H15NO2.C10H14N2O.C10H12N2.C10H13NO2.C9H13N/c1-8(2)10-4-5-11(14)12(7-10)6-9(3)13;1-6(2)8-4-9(10(11)13)7(3)12-5-8;1-7(2)10-4-9(5-11)8(3)12-6-10;1-6(2)8-4-9(10(12)13)7(3)11-5-8;1-7(2)9-5-4-8(3)10-6-9/h4-5,7-8H,6H2,1-3H3;4-6,12H,3H2,1-2H3,(H2,11,13);4,6-7,12H,3H2,1-2H3;4-6,11H,3H2,1-2H3,(H,12,13);4-7,10H,3H2,1-2H3. The monoisotopic (exact) mass is 846 g/mol. The van der Waals surface area contributed by atoms with Gasteiger partial charge in [-0.1, -0.05) is 108 Å². The fraction of sp³-hybridized carbons (Fsp3) is 0.340. The Bertz CT molecular complexity index is 2180. The Morgan fingerprint density at radius 2 is 1.13 bits per heavy atom. The van der Waals surface area contributed by atoms with Crippen LogP contribution in [0, 0.1) is 35.0 Å². The highest BCUT2D eigenvalue weighted by Crippen LogP contribution is 2.22. The van der Waals surface area contributed by atoms with E-state index in [1.54, 1.807) is 24.5 Å². The summed E-state index contributed by atoms with van der Waals surface area (Å²) in [7, 11) is 0. The first-order valence-corrected chi connectivity index (χ1v) is 20.5. The van der Waals surface area contributed by atoms with Crippen molar-refractivity contribution in [1.82, 2.24) is 25.8 Å². The quantitative estimate of drug-likeness (QED) is 0.140. The van der Waals surface area contributed by atoms with Crippen molar-refractivity contribution in [2.75, 3.05) is 0 Å². The molecule has 0 atom stereocenters. The van der Waals surface area contributed by atoms with Crippen molar-refractivity contribution in [2.24, 2.45) is 29.4 Å². The Hall–Kier alpha value is -6.87. The van der Waals surface area contributed by atoms with Crippen LogP contribution in [0.15, 0.2) is 166 Å². The molecule has 0 spiro atoms. The van der Waals surface area contributed by atoms with Crippen LogP contribution in [0.2, 0.25) is 0 Å². The van der Waals surface area contributed by atoms with Crippen LogP contribution >= 0.6 is 0 Å². The number of nitrogens with zero attached hydrogens (tertiary/aromatic N) is 2. The number of rotatable bonds is 9. The van der Waals surface area contributed by atoms with Crippen molar-refractivity contribution in [3.8, 4) is 6.07 Å². The minimum absolute atomic E-state index is 0.00648. The fourth-order valence-corrected chi connectivity index (χ4v) is 5.22. The van der Waals surface area contributed by atoms with E-state index < -0.39 is 11.9 Å². The molecule has 0 saturated carbocycles. The van der Waals surface area contributed by atoms with Gasteiger partial charge in [-0.15, -0.1) is 0 Å². The van der Waals surface area contributed by atoms with Gasteiger partial charge < -0.3 is 36.7 Å². The number of pyridine rings is 1. The van der Waals surface area contributed by atoms with Crippen LogP contribution in [-0.4, -0.2) is 27.3 Å². The minimum Gasteiger partial charge on any atom is -0.478 e. The van der Waals surface area contributed by atoms with Crippen molar-refractivity contribution in [2.45, 2.75) is 88.6 Å². The summed E-state index contributed by atoms with van der Waals surface area (Å²) in [5.41, 5.74) is 14.6. The molecule has 0 radical (unpaired) electrons. The highest BCUT2D eigenvalue weighted by atomic mass is 16.4. The topological polar surface area (TPSA) is 191 Å². The fourth-order valence-electron chi connectivity index (χ4n) is 5.22. The number of ketones is 1. The number of nitrogens with one attached hydrogen (secondary N) is 4. The summed E-state index contributed by atoms with van der Waals surface area (Å²) in [6.45, 7) is 37.2. The number of Topliss-reactive ketones (excluding diaryl/α,β-unsaturated/α-hetero) is 1. The Kier molecular flexibility index (Phi) is 22.0. The Balaban J connectivity index is 0.000000389. The number of carboxylic acids is 1. The van der Waals surface area contributed by atoms with Crippen LogP contribution in [0.5, 0.6) is 0 Å². The number of allylic oxidation sites excluding steroid dienone is 10. The summed E-state index contributed by atoms with van der Waals surface area (Å²) in [5.74, 6) is 0.699. The third-order valence-electron chi connectivity index (χ3n) is 9.40. The number of nitriles is 1. The van der Waals surface area contributed by atoms with Crippen LogP contribution in [0.4, 0.5) is 0 Å². The minimum atomic E-state index is -0.941. The zero-order chi connectivity index (χ0) is 47.4. The van der Waals surface area contributed by atoms with Gasteiger partial charge in [-0.25, -0.2) is 4.79 Å². The van der Waals surface area contributed by atoms with E-state index in [4.69, 9.17) is 16.1 Å². The SMILES string of the molecule is C=C1C=CC(C(C)C)=CN1.C=C1NC=C(C(C)C)C=C1C#N.C=C1NC=C(C(C)C)C=C1C(=O)O.C=C1NC=C(C(C)C)C=C1C(N)=O.CC(=O)Cn1cc(C(C)C)ccc1=O. The van der Waals surface area contributed by atoms with Gasteiger partial charge in [-0.05, 0) is 88.7 Å². The van der Waals surface area contributed by atoms with Gasteiger partial charge in [0.05, 0.1) is 23.3 Å². The van der Waals surface area contributed by atoms with Gasteiger partial charge in [0.25, 0.3) is 11.5 Å². The number of carbonyl (C=O) groups excluding carboxylic acids is 2. The summed E-state index contributed by atoms with van der Waals surface area (Å²) in [4.78, 5) is 43.9. The zero-order valence-corrected chi connectivity index (χ0v) is 38.4. The molecule has 0 aromatic carbocycles. The van der Waals surface area contributed by atoms with E-state index in [9.17, 15) is 19.2 Å². The molecule has 0 saturated heterocycles. The summed E-state index contributed by atoms with van der Waals surface area (Å²) in [5, 5.41) is 29.3. The normalized spacial score (nSPS) is 15.2. The number of carboxylic acid groups (broad SMARTS) is 1. The first kappa shape index (κ1) is 53.1. The van der Waals surface area contributed by atoms with Crippen LogP contribution in [-0.2, 0) is 20.9 Å². The number of aromatic nitrogens is 1. The number of hydrogen-bond donors (Lipinski definition) is 6. The van der Waals surface area contributed by atoms with Gasteiger partial charge in [-0.2, -0.15) is 5.26 Å². The molecule has 1 aromatic heterocycles. The molecular formula is C50H67N7O5. The third kappa shape index (κ3) is 18.2. The maximum absolute atomic E-state index is 11.3. The van der Waals surface area contributed by atoms with Gasteiger partial charge in [0.15, 0.2) is 0 Å². The molecule has 0 aliphatic carbocycles. The highest BCUT2D eigenvalue weighted by Gasteiger charge is 2.17. The first-order chi connectivity index (χ1) is 28.9. The first-order valence-electron chi connectivity index (χ1n) is 20.5.